The highest BCUT2D eigenvalue weighted by Gasteiger charge is 2.18. The molecule has 0 aliphatic carbocycles. The maximum Gasteiger partial charge on any atom is 0.323 e. The Morgan fingerprint density at radius 1 is 1.53 bits per heavy atom. The maximum atomic E-state index is 12.8. The summed E-state index contributed by atoms with van der Waals surface area (Å²) in [4.78, 5) is 27.0. The van der Waals surface area contributed by atoms with Gasteiger partial charge in [-0.15, -0.1) is 0 Å². The molecule has 0 atom stereocenters. The average molecular weight is 240 g/mol. The van der Waals surface area contributed by atoms with Gasteiger partial charge in [0.1, 0.15) is 6.54 Å². The van der Waals surface area contributed by atoms with Crippen LogP contribution in [0.4, 0.5) is 4.39 Å². The number of halogens is 1. The van der Waals surface area contributed by atoms with Gasteiger partial charge < -0.3 is 10.0 Å². The third-order valence-electron chi connectivity index (χ3n) is 2.08. The van der Waals surface area contributed by atoms with Gasteiger partial charge in [-0.25, -0.2) is 4.98 Å². The van der Waals surface area contributed by atoms with Gasteiger partial charge in [0, 0.05) is 24.4 Å². The number of carbonyl (C=O) groups excluding carboxylic acids is 1. The van der Waals surface area contributed by atoms with E-state index in [0.29, 0.717) is 13.0 Å². The molecular formula is C11H13FN2O3. The molecule has 0 bridgehead atoms. The van der Waals surface area contributed by atoms with Gasteiger partial charge in [0.25, 0.3) is 5.91 Å². The van der Waals surface area contributed by atoms with Crippen LogP contribution in [-0.4, -0.2) is 40.0 Å². The summed E-state index contributed by atoms with van der Waals surface area (Å²) in [7, 11) is 0. The highest BCUT2D eigenvalue weighted by molar-refractivity contribution is 5.95. The zero-order chi connectivity index (χ0) is 12.8. The zero-order valence-corrected chi connectivity index (χ0v) is 9.39. The number of amides is 1. The minimum absolute atomic E-state index is 0.104. The van der Waals surface area contributed by atoms with Crippen molar-refractivity contribution in [2.45, 2.75) is 13.3 Å². The lowest BCUT2D eigenvalue weighted by molar-refractivity contribution is -0.137. The second kappa shape index (κ2) is 5.93. The van der Waals surface area contributed by atoms with Crippen molar-refractivity contribution < 1.29 is 19.1 Å². The second-order valence-electron chi connectivity index (χ2n) is 3.49. The van der Waals surface area contributed by atoms with Gasteiger partial charge in [-0.3, -0.25) is 9.59 Å². The van der Waals surface area contributed by atoms with Crippen molar-refractivity contribution in [3.63, 3.8) is 0 Å². The van der Waals surface area contributed by atoms with Crippen LogP contribution in [0.5, 0.6) is 0 Å². The zero-order valence-electron chi connectivity index (χ0n) is 9.39. The second-order valence-corrected chi connectivity index (χ2v) is 3.49. The normalized spacial score (nSPS) is 10.0. The van der Waals surface area contributed by atoms with Crippen molar-refractivity contribution in [3.05, 3.63) is 29.8 Å². The first-order chi connectivity index (χ1) is 8.04. The van der Waals surface area contributed by atoms with Crippen LogP contribution in [0.1, 0.15) is 23.7 Å². The van der Waals surface area contributed by atoms with E-state index in [1.807, 2.05) is 6.92 Å². The van der Waals surface area contributed by atoms with E-state index in [9.17, 15) is 14.0 Å². The van der Waals surface area contributed by atoms with Crippen molar-refractivity contribution in [1.82, 2.24) is 9.88 Å². The average Bonchev–Trinajstić information content (AvgIpc) is 2.27. The lowest BCUT2D eigenvalue weighted by Crippen LogP contribution is -2.36. The molecule has 0 fully saturated rings. The molecule has 0 aliphatic heterocycles. The molecule has 5 nitrogen and oxygen atoms in total. The Kier molecular flexibility index (Phi) is 4.56. The fourth-order valence-corrected chi connectivity index (χ4v) is 1.40. The largest absolute Gasteiger partial charge is 0.480 e. The molecule has 1 N–H and O–H groups in total. The predicted molar refractivity (Wildman–Crippen MR) is 58.0 cm³/mol. The third kappa shape index (κ3) is 3.82. The number of carboxylic acids is 1. The van der Waals surface area contributed by atoms with Crippen molar-refractivity contribution in [1.29, 1.82) is 0 Å². The quantitative estimate of drug-likeness (QED) is 0.784. The van der Waals surface area contributed by atoms with Crippen LogP contribution >= 0.6 is 0 Å². The van der Waals surface area contributed by atoms with E-state index in [4.69, 9.17) is 5.11 Å². The van der Waals surface area contributed by atoms with Gasteiger partial charge >= 0.3 is 5.97 Å². The summed E-state index contributed by atoms with van der Waals surface area (Å²) in [6.07, 6.45) is 1.81. The minimum atomic E-state index is -1.10. The van der Waals surface area contributed by atoms with E-state index in [0.717, 1.165) is 11.0 Å². The van der Waals surface area contributed by atoms with Crippen molar-refractivity contribution in [3.8, 4) is 0 Å². The summed E-state index contributed by atoms with van der Waals surface area (Å²) < 4.78 is 12.8. The summed E-state index contributed by atoms with van der Waals surface area (Å²) >= 11 is 0. The Balaban J connectivity index is 2.87. The van der Waals surface area contributed by atoms with Gasteiger partial charge in [-0.1, -0.05) is 6.92 Å². The van der Waals surface area contributed by atoms with Gasteiger partial charge in [0.05, 0.1) is 0 Å². The molecule has 6 heteroatoms. The number of hydrogen-bond acceptors (Lipinski definition) is 3. The summed E-state index contributed by atoms with van der Waals surface area (Å²) in [6, 6.07) is 2.35. The fraction of sp³-hybridized carbons (Fsp3) is 0.364. The van der Waals surface area contributed by atoms with Crippen molar-refractivity contribution >= 4 is 11.9 Å². The van der Waals surface area contributed by atoms with E-state index in [1.54, 1.807) is 0 Å². The molecule has 17 heavy (non-hydrogen) atoms. The number of rotatable bonds is 5. The van der Waals surface area contributed by atoms with Gasteiger partial charge in [-0.05, 0) is 12.5 Å². The minimum Gasteiger partial charge on any atom is -0.480 e. The predicted octanol–water partition coefficient (Wildman–Crippen LogP) is 1.16. The molecule has 1 aromatic rings. The van der Waals surface area contributed by atoms with E-state index >= 15 is 0 Å². The van der Waals surface area contributed by atoms with Crippen LogP contribution in [0.2, 0.25) is 0 Å². The number of carboxylic acid groups (broad SMARTS) is 1. The molecular weight excluding hydrogens is 227 g/mol. The van der Waals surface area contributed by atoms with Crippen LogP contribution in [-0.2, 0) is 4.79 Å². The Labute approximate surface area is 97.9 Å². The molecule has 0 saturated carbocycles. The smallest absolute Gasteiger partial charge is 0.323 e. The monoisotopic (exact) mass is 240 g/mol. The molecule has 1 amide bonds. The van der Waals surface area contributed by atoms with E-state index in [2.05, 4.69) is 4.98 Å². The number of nitrogens with zero attached hydrogens (tertiary/aromatic N) is 2. The molecule has 92 valence electrons. The molecule has 0 aliphatic rings. The Morgan fingerprint density at radius 3 is 2.76 bits per heavy atom. The topological polar surface area (TPSA) is 70.5 Å². The maximum absolute atomic E-state index is 12.8. The highest BCUT2D eigenvalue weighted by atomic mass is 19.1. The van der Waals surface area contributed by atoms with Crippen molar-refractivity contribution in [2.24, 2.45) is 0 Å². The lowest BCUT2D eigenvalue weighted by Gasteiger charge is -2.19. The number of aliphatic carboxylic acids is 1. The van der Waals surface area contributed by atoms with Crippen LogP contribution in [0, 0.1) is 5.95 Å². The molecule has 0 spiro atoms. The Morgan fingerprint density at radius 2 is 2.24 bits per heavy atom. The van der Waals surface area contributed by atoms with Crippen LogP contribution in [0.3, 0.4) is 0 Å². The summed E-state index contributed by atoms with van der Waals surface area (Å²) in [5, 5.41) is 8.68. The van der Waals surface area contributed by atoms with Crippen LogP contribution in [0.25, 0.3) is 0 Å². The summed E-state index contributed by atoms with van der Waals surface area (Å²) in [5.74, 6) is -2.36. The first-order valence-electron chi connectivity index (χ1n) is 5.17. The number of pyridine rings is 1. The van der Waals surface area contributed by atoms with Crippen LogP contribution in [0.15, 0.2) is 18.3 Å². The third-order valence-corrected chi connectivity index (χ3v) is 2.08. The van der Waals surface area contributed by atoms with Gasteiger partial charge in [0.15, 0.2) is 0 Å². The van der Waals surface area contributed by atoms with Gasteiger partial charge in [-0.2, -0.15) is 4.39 Å². The molecule has 0 unspecified atom stereocenters. The van der Waals surface area contributed by atoms with E-state index in [-0.39, 0.29) is 5.56 Å². The fourth-order valence-electron chi connectivity index (χ4n) is 1.40. The molecule has 0 aromatic carbocycles. The Bertz CT molecular complexity index is 423. The number of aromatic nitrogens is 1. The van der Waals surface area contributed by atoms with Crippen LogP contribution < -0.4 is 0 Å². The summed E-state index contributed by atoms with van der Waals surface area (Å²) in [5.41, 5.74) is 0.104. The van der Waals surface area contributed by atoms with E-state index < -0.39 is 24.4 Å². The number of carbonyl (C=O) groups is 2. The first-order valence-corrected chi connectivity index (χ1v) is 5.17. The summed E-state index contributed by atoms with van der Waals surface area (Å²) in [6.45, 7) is 1.75. The molecule has 1 rings (SSSR count). The molecule has 0 saturated heterocycles. The van der Waals surface area contributed by atoms with E-state index in [1.165, 1.54) is 12.3 Å². The molecule has 1 aromatic heterocycles. The standard InChI is InChI=1S/C11H13FN2O3/c1-2-5-14(7-10(15)16)11(17)8-3-4-13-9(12)6-8/h3-4,6H,2,5,7H2,1H3,(H,15,16). The molecule has 0 radical (unpaired) electrons. The van der Waals surface area contributed by atoms with Crippen molar-refractivity contribution in [2.75, 3.05) is 13.1 Å². The first kappa shape index (κ1) is 13.1. The Hall–Kier alpha value is -1.98. The SMILES string of the molecule is CCCN(CC(=O)O)C(=O)c1ccnc(F)c1. The lowest BCUT2D eigenvalue weighted by atomic mass is 10.2. The number of hydrogen-bond donors (Lipinski definition) is 1. The van der Waals surface area contributed by atoms with Gasteiger partial charge in [0.2, 0.25) is 5.95 Å². The highest BCUT2D eigenvalue weighted by Crippen LogP contribution is 2.06. The molecule has 1 heterocycles.